The average molecular weight is 277 g/mol. The summed E-state index contributed by atoms with van der Waals surface area (Å²) in [7, 11) is 1.60. The van der Waals surface area contributed by atoms with Crippen molar-refractivity contribution < 1.29 is 9.94 Å². The Morgan fingerprint density at radius 2 is 2.05 bits per heavy atom. The van der Waals surface area contributed by atoms with Crippen molar-refractivity contribution in [2.24, 2.45) is 5.16 Å². The Morgan fingerprint density at radius 1 is 1.32 bits per heavy atom. The predicted octanol–water partition coefficient (Wildman–Crippen LogP) is 3.16. The molecule has 4 nitrogen and oxygen atoms in total. The summed E-state index contributed by atoms with van der Waals surface area (Å²) < 4.78 is 5.08. The Bertz CT molecular complexity index is 582. The van der Waals surface area contributed by atoms with Crippen LogP contribution in [0.4, 0.5) is 0 Å². The maximum absolute atomic E-state index is 9.13. The molecule has 2 rings (SSSR count). The van der Waals surface area contributed by atoms with Crippen LogP contribution in [-0.4, -0.2) is 23.0 Å². The largest absolute Gasteiger partial charge is 0.497 e. The summed E-state index contributed by atoms with van der Waals surface area (Å²) >= 11 is 5.90. The van der Waals surface area contributed by atoms with Crippen LogP contribution in [-0.2, 0) is 6.42 Å². The second kappa shape index (κ2) is 6.20. The van der Waals surface area contributed by atoms with Crippen LogP contribution in [0, 0.1) is 0 Å². The summed E-state index contributed by atoms with van der Waals surface area (Å²) in [5.74, 6) is 0.752. The number of methoxy groups -OCH3 is 1. The van der Waals surface area contributed by atoms with Crippen LogP contribution in [0.15, 0.2) is 47.8 Å². The number of hydrogen-bond donors (Lipinski definition) is 1. The van der Waals surface area contributed by atoms with E-state index in [9.17, 15) is 0 Å². The summed E-state index contributed by atoms with van der Waals surface area (Å²) in [4.78, 5) is 4.19. The van der Waals surface area contributed by atoms with Gasteiger partial charge >= 0.3 is 0 Å². The van der Waals surface area contributed by atoms with Gasteiger partial charge in [-0.25, -0.2) is 0 Å². The maximum Gasteiger partial charge on any atom is 0.118 e. The van der Waals surface area contributed by atoms with Gasteiger partial charge in [-0.05, 0) is 42.0 Å². The van der Waals surface area contributed by atoms with Crippen molar-refractivity contribution in [3.63, 3.8) is 0 Å². The molecular formula is C14H13ClN2O2. The van der Waals surface area contributed by atoms with E-state index in [4.69, 9.17) is 21.5 Å². The van der Waals surface area contributed by atoms with E-state index in [1.54, 1.807) is 25.4 Å². The number of nitrogens with zero attached hydrogens (tertiary/aromatic N) is 2. The molecule has 5 heteroatoms. The van der Waals surface area contributed by atoms with Gasteiger partial charge in [0.25, 0.3) is 0 Å². The quantitative estimate of drug-likeness (QED) is 0.530. The molecule has 2 aromatic rings. The topological polar surface area (TPSA) is 54.7 Å². The van der Waals surface area contributed by atoms with Gasteiger partial charge < -0.3 is 9.94 Å². The lowest BCUT2D eigenvalue weighted by molar-refractivity contribution is 0.318. The molecule has 0 aliphatic rings. The summed E-state index contributed by atoms with van der Waals surface area (Å²) in [5, 5.41) is 13.1. The van der Waals surface area contributed by atoms with E-state index in [0.717, 1.165) is 17.0 Å². The molecule has 1 N–H and O–H groups in total. The molecule has 0 saturated carbocycles. The Kier molecular flexibility index (Phi) is 4.36. The van der Waals surface area contributed by atoms with Crippen LogP contribution in [0.5, 0.6) is 5.75 Å². The second-order valence-corrected chi connectivity index (χ2v) is 4.35. The lowest BCUT2D eigenvalue weighted by Gasteiger charge is -2.06. The van der Waals surface area contributed by atoms with E-state index < -0.39 is 0 Å². The third-order valence-electron chi connectivity index (χ3n) is 2.67. The van der Waals surface area contributed by atoms with E-state index in [1.165, 1.54) is 0 Å². The van der Waals surface area contributed by atoms with Gasteiger partial charge in [-0.2, -0.15) is 0 Å². The van der Waals surface area contributed by atoms with Gasteiger partial charge in [0.2, 0.25) is 0 Å². The summed E-state index contributed by atoms with van der Waals surface area (Å²) in [6.07, 6.45) is 2.03. The van der Waals surface area contributed by atoms with Gasteiger partial charge in [-0.1, -0.05) is 16.8 Å². The minimum absolute atomic E-state index is 0.406. The first-order valence-corrected chi connectivity index (χ1v) is 6.06. The highest BCUT2D eigenvalue weighted by atomic mass is 35.5. The molecule has 19 heavy (non-hydrogen) atoms. The van der Waals surface area contributed by atoms with E-state index in [-0.39, 0.29) is 0 Å². The third kappa shape index (κ3) is 3.45. The summed E-state index contributed by atoms with van der Waals surface area (Å²) in [6, 6.07) is 10.7. The number of aromatic nitrogens is 1. The Hall–Kier alpha value is -2.07. The Balaban J connectivity index is 2.20. The molecule has 0 amide bonds. The first-order valence-electron chi connectivity index (χ1n) is 5.68. The minimum atomic E-state index is 0.406. The molecule has 0 atom stereocenters. The van der Waals surface area contributed by atoms with E-state index in [1.807, 2.05) is 24.3 Å². The molecule has 1 aromatic carbocycles. The molecule has 0 unspecified atom stereocenters. The van der Waals surface area contributed by atoms with Gasteiger partial charge in [-0.15, -0.1) is 0 Å². The number of pyridine rings is 1. The molecule has 1 heterocycles. The van der Waals surface area contributed by atoms with Gasteiger partial charge in [0.05, 0.1) is 12.8 Å². The fraction of sp³-hybridized carbons (Fsp3) is 0.143. The highest BCUT2D eigenvalue weighted by molar-refractivity contribution is 6.30. The number of ether oxygens (including phenoxy) is 1. The zero-order valence-electron chi connectivity index (χ0n) is 10.4. The van der Waals surface area contributed by atoms with Crippen LogP contribution < -0.4 is 4.74 Å². The zero-order chi connectivity index (χ0) is 13.7. The molecular weight excluding hydrogens is 264 g/mol. The normalized spacial score (nSPS) is 11.4. The standard InChI is InChI=1S/C14H13ClN2O2/c1-19-13-4-2-10(3-5-13)14(17-18)9-12-8-11(15)6-7-16-12/h2-8,18H,9H2,1H3. The number of oxime groups is 1. The van der Waals surface area contributed by atoms with Gasteiger partial charge in [-0.3, -0.25) is 4.98 Å². The van der Waals surface area contributed by atoms with E-state index in [0.29, 0.717) is 17.2 Å². The number of rotatable bonds is 4. The van der Waals surface area contributed by atoms with Gasteiger partial charge in [0.1, 0.15) is 5.75 Å². The molecule has 0 spiro atoms. The molecule has 0 aliphatic heterocycles. The second-order valence-electron chi connectivity index (χ2n) is 3.92. The minimum Gasteiger partial charge on any atom is -0.497 e. The lowest BCUT2D eigenvalue weighted by Crippen LogP contribution is -2.06. The van der Waals surface area contributed by atoms with Crippen molar-refractivity contribution in [3.8, 4) is 5.75 Å². The molecule has 0 radical (unpaired) electrons. The van der Waals surface area contributed by atoms with Crippen molar-refractivity contribution in [2.75, 3.05) is 7.11 Å². The maximum atomic E-state index is 9.13. The summed E-state index contributed by atoms with van der Waals surface area (Å²) in [6.45, 7) is 0. The van der Waals surface area contributed by atoms with Crippen LogP contribution in [0.25, 0.3) is 0 Å². The first kappa shape index (κ1) is 13.4. The molecule has 0 bridgehead atoms. The zero-order valence-corrected chi connectivity index (χ0v) is 11.1. The smallest absolute Gasteiger partial charge is 0.118 e. The predicted molar refractivity (Wildman–Crippen MR) is 74.3 cm³/mol. The monoisotopic (exact) mass is 276 g/mol. The molecule has 98 valence electrons. The van der Waals surface area contributed by atoms with Crippen molar-refractivity contribution >= 4 is 17.3 Å². The highest BCUT2D eigenvalue weighted by Crippen LogP contribution is 2.15. The first-order chi connectivity index (χ1) is 9.22. The fourth-order valence-corrected chi connectivity index (χ4v) is 1.88. The van der Waals surface area contributed by atoms with Gasteiger partial charge in [0.15, 0.2) is 0 Å². The molecule has 0 saturated heterocycles. The molecule has 0 aliphatic carbocycles. The SMILES string of the molecule is COc1ccc(C(Cc2cc(Cl)ccn2)=NO)cc1. The Morgan fingerprint density at radius 3 is 2.63 bits per heavy atom. The number of benzene rings is 1. The van der Waals surface area contributed by atoms with Crippen molar-refractivity contribution in [2.45, 2.75) is 6.42 Å². The fourth-order valence-electron chi connectivity index (χ4n) is 1.70. The van der Waals surface area contributed by atoms with Crippen molar-refractivity contribution in [3.05, 3.63) is 58.9 Å². The van der Waals surface area contributed by atoms with E-state index >= 15 is 0 Å². The van der Waals surface area contributed by atoms with Crippen LogP contribution in [0.1, 0.15) is 11.3 Å². The van der Waals surface area contributed by atoms with Crippen molar-refractivity contribution in [1.29, 1.82) is 0 Å². The molecule has 1 aromatic heterocycles. The van der Waals surface area contributed by atoms with E-state index in [2.05, 4.69) is 10.1 Å². The van der Waals surface area contributed by atoms with Crippen LogP contribution in [0.2, 0.25) is 5.02 Å². The van der Waals surface area contributed by atoms with Crippen LogP contribution in [0.3, 0.4) is 0 Å². The summed E-state index contributed by atoms with van der Waals surface area (Å²) in [5.41, 5.74) is 2.08. The molecule has 0 fully saturated rings. The van der Waals surface area contributed by atoms with Crippen LogP contribution >= 0.6 is 11.6 Å². The third-order valence-corrected chi connectivity index (χ3v) is 2.91. The lowest BCUT2D eigenvalue weighted by atomic mass is 10.1. The number of halogens is 1. The van der Waals surface area contributed by atoms with Crippen molar-refractivity contribution in [1.82, 2.24) is 4.98 Å². The van der Waals surface area contributed by atoms with Gasteiger partial charge in [0, 0.05) is 23.3 Å². The average Bonchev–Trinajstić information content (AvgIpc) is 2.45. The highest BCUT2D eigenvalue weighted by Gasteiger charge is 2.07. The number of hydrogen-bond acceptors (Lipinski definition) is 4. The Labute approximate surface area is 116 Å².